The third-order valence-corrected chi connectivity index (χ3v) is 4.04. The van der Waals surface area contributed by atoms with Gasteiger partial charge in [-0.3, -0.25) is 0 Å². The molecule has 24 heavy (non-hydrogen) atoms. The lowest BCUT2D eigenvalue weighted by molar-refractivity contribution is 0.171. The van der Waals surface area contributed by atoms with Gasteiger partial charge in [0.25, 0.3) is 0 Å². The van der Waals surface area contributed by atoms with Crippen LogP contribution in [0.25, 0.3) is 0 Å². The van der Waals surface area contributed by atoms with E-state index in [-0.39, 0.29) is 6.10 Å². The van der Waals surface area contributed by atoms with Gasteiger partial charge in [-0.05, 0) is 29.2 Å². The lowest BCUT2D eigenvalue weighted by atomic mass is 10.1. The largest absolute Gasteiger partial charge is 0.391 e. The molecule has 124 valence electrons. The molecule has 1 unspecified atom stereocenters. The van der Waals surface area contributed by atoms with Crippen LogP contribution in [0, 0.1) is 0 Å². The molecule has 0 radical (unpaired) electrons. The van der Waals surface area contributed by atoms with E-state index in [1.807, 2.05) is 36.4 Å². The predicted octanol–water partition coefficient (Wildman–Crippen LogP) is 3.23. The van der Waals surface area contributed by atoms with Gasteiger partial charge in [0.15, 0.2) is 0 Å². The van der Waals surface area contributed by atoms with Crippen molar-refractivity contribution in [2.75, 3.05) is 6.54 Å². The van der Waals surface area contributed by atoms with E-state index in [0.29, 0.717) is 13.0 Å². The number of hydrogen-bond donors (Lipinski definition) is 2. The van der Waals surface area contributed by atoms with E-state index in [9.17, 15) is 5.11 Å². The van der Waals surface area contributed by atoms with Crippen LogP contribution in [0.15, 0.2) is 79.1 Å². The Labute approximate surface area is 143 Å². The molecule has 1 heterocycles. The van der Waals surface area contributed by atoms with Crippen LogP contribution in [0.1, 0.15) is 16.7 Å². The van der Waals surface area contributed by atoms with Crippen molar-refractivity contribution in [2.24, 2.45) is 0 Å². The molecule has 1 aromatic heterocycles. The van der Waals surface area contributed by atoms with E-state index in [1.165, 1.54) is 16.7 Å². The fourth-order valence-electron chi connectivity index (χ4n) is 2.83. The van der Waals surface area contributed by atoms with Gasteiger partial charge in [-0.25, -0.2) is 0 Å². The van der Waals surface area contributed by atoms with Gasteiger partial charge in [-0.1, -0.05) is 60.7 Å². The number of aromatic nitrogens is 1. The lowest BCUT2D eigenvalue weighted by Crippen LogP contribution is -2.27. The zero-order valence-electron chi connectivity index (χ0n) is 13.8. The number of nitrogens with one attached hydrogen (secondary N) is 1. The van der Waals surface area contributed by atoms with Crippen molar-refractivity contribution in [1.82, 2.24) is 9.88 Å². The van der Waals surface area contributed by atoms with E-state index in [2.05, 4.69) is 52.6 Å². The Morgan fingerprint density at radius 2 is 1.50 bits per heavy atom. The number of nitrogens with zero attached hydrogens (tertiary/aromatic N) is 1. The quantitative estimate of drug-likeness (QED) is 0.669. The molecular weight excluding hydrogens is 296 g/mol. The second-order valence-electron chi connectivity index (χ2n) is 6.15. The summed E-state index contributed by atoms with van der Waals surface area (Å²) in [6.45, 7) is 2.25. The maximum atomic E-state index is 10.1. The third-order valence-electron chi connectivity index (χ3n) is 4.04. The SMILES string of the molecule is OC(CNCc1ccn(Cc2ccccc2)c1)Cc1ccccc1. The van der Waals surface area contributed by atoms with Gasteiger partial charge in [0, 0.05) is 32.0 Å². The van der Waals surface area contributed by atoms with Gasteiger partial charge in [0.1, 0.15) is 0 Å². The Morgan fingerprint density at radius 3 is 2.21 bits per heavy atom. The van der Waals surface area contributed by atoms with Crippen molar-refractivity contribution in [2.45, 2.75) is 25.6 Å². The van der Waals surface area contributed by atoms with Gasteiger partial charge < -0.3 is 15.0 Å². The van der Waals surface area contributed by atoms with Gasteiger partial charge in [-0.15, -0.1) is 0 Å². The number of rotatable bonds is 8. The Balaban J connectivity index is 1.42. The molecular formula is C21H24N2O. The first kappa shape index (κ1) is 16.5. The smallest absolute Gasteiger partial charge is 0.0704 e. The zero-order valence-corrected chi connectivity index (χ0v) is 13.8. The predicted molar refractivity (Wildman–Crippen MR) is 97.8 cm³/mol. The maximum absolute atomic E-state index is 10.1. The fourth-order valence-corrected chi connectivity index (χ4v) is 2.83. The van der Waals surface area contributed by atoms with Gasteiger partial charge >= 0.3 is 0 Å². The molecule has 0 aliphatic rings. The first-order valence-electron chi connectivity index (χ1n) is 8.41. The Morgan fingerprint density at radius 1 is 0.833 bits per heavy atom. The normalized spacial score (nSPS) is 12.2. The van der Waals surface area contributed by atoms with Crippen molar-refractivity contribution in [3.05, 3.63) is 95.8 Å². The fraction of sp³-hybridized carbons (Fsp3) is 0.238. The molecule has 2 aromatic carbocycles. The number of aliphatic hydroxyl groups excluding tert-OH is 1. The lowest BCUT2D eigenvalue weighted by Gasteiger charge is -2.11. The summed E-state index contributed by atoms with van der Waals surface area (Å²) in [7, 11) is 0. The molecule has 0 bridgehead atoms. The number of hydrogen-bond acceptors (Lipinski definition) is 2. The first-order chi connectivity index (χ1) is 11.8. The van der Waals surface area contributed by atoms with Gasteiger partial charge in [0.2, 0.25) is 0 Å². The highest BCUT2D eigenvalue weighted by atomic mass is 16.3. The minimum atomic E-state index is -0.362. The highest BCUT2D eigenvalue weighted by Crippen LogP contribution is 2.07. The van der Waals surface area contributed by atoms with Crippen LogP contribution in [0.4, 0.5) is 0 Å². The average Bonchev–Trinajstić information content (AvgIpc) is 3.04. The summed E-state index contributed by atoms with van der Waals surface area (Å²) in [5.41, 5.74) is 3.70. The monoisotopic (exact) mass is 320 g/mol. The zero-order chi connectivity index (χ0) is 16.6. The van der Waals surface area contributed by atoms with E-state index in [0.717, 1.165) is 13.1 Å². The summed E-state index contributed by atoms with van der Waals surface area (Å²) in [5.74, 6) is 0. The molecule has 0 aliphatic carbocycles. The molecule has 0 fully saturated rings. The number of aliphatic hydroxyl groups is 1. The summed E-state index contributed by atoms with van der Waals surface area (Å²) in [6, 6.07) is 22.7. The molecule has 0 amide bonds. The topological polar surface area (TPSA) is 37.2 Å². The van der Waals surface area contributed by atoms with Crippen molar-refractivity contribution in [1.29, 1.82) is 0 Å². The minimum absolute atomic E-state index is 0.362. The summed E-state index contributed by atoms with van der Waals surface area (Å²) in [6.07, 6.45) is 4.58. The highest BCUT2D eigenvalue weighted by molar-refractivity contribution is 5.18. The van der Waals surface area contributed by atoms with E-state index < -0.39 is 0 Å². The Kier molecular flexibility index (Phi) is 5.83. The van der Waals surface area contributed by atoms with Crippen molar-refractivity contribution >= 4 is 0 Å². The molecule has 0 aliphatic heterocycles. The van der Waals surface area contributed by atoms with Crippen LogP contribution in [0.3, 0.4) is 0 Å². The molecule has 3 heteroatoms. The Bertz CT molecular complexity index is 722. The standard InChI is InChI=1S/C21H24N2O/c24-21(13-18-7-3-1-4-8-18)15-22-14-20-11-12-23(17-20)16-19-9-5-2-6-10-19/h1-12,17,21-22,24H,13-16H2. The van der Waals surface area contributed by atoms with Crippen molar-refractivity contribution < 1.29 is 5.11 Å². The summed E-state index contributed by atoms with van der Waals surface area (Å²) >= 11 is 0. The maximum Gasteiger partial charge on any atom is 0.0704 e. The molecule has 0 saturated carbocycles. The van der Waals surface area contributed by atoms with Crippen LogP contribution in [0.5, 0.6) is 0 Å². The van der Waals surface area contributed by atoms with Crippen molar-refractivity contribution in [3.8, 4) is 0 Å². The molecule has 0 spiro atoms. The molecule has 2 N–H and O–H groups in total. The molecule has 1 atom stereocenters. The van der Waals surface area contributed by atoms with Crippen molar-refractivity contribution in [3.63, 3.8) is 0 Å². The second kappa shape index (κ2) is 8.48. The summed E-state index contributed by atoms with van der Waals surface area (Å²) in [4.78, 5) is 0. The van der Waals surface area contributed by atoms with Crippen LogP contribution >= 0.6 is 0 Å². The van der Waals surface area contributed by atoms with Crippen LogP contribution in [-0.4, -0.2) is 22.3 Å². The first-order valence-corrected chi connectivity index (χ1v) is 8.41. The van der Waals surface area contributed by atoms with Gasteiger partial charge in [-0.2, -0.15) is 0 Å². The molecule has 3 nitrogen and oxygen atoms in total. The van der Waals surface area contributed by atoms with E-state index in [4.69, 9.17) is 0 Å². The van der Waals surface area contributed by atoms with Crippen LogP contribution in [0.2, 0.25) is 0 Å². The third kappa shape index (κ3) is 5.08. The number of benzene rings is 2. The van der Waals surface area contributed by atoms with Gasteiger partial charge in [0.05, 0.1) is 6.10 Å². The Hall–Kier alpha value is -2.36. The molecule has 3 aromatic rings. The molecule has 0 saturated heterocycles. The minimum Gasteiger partial charge on any atom is -0.391 e. The summed E-state index contributed by atoms with van der Waals surface area (Å²) in [5, 5.41) is 13.4. The highest BCUT2D eigenvalue weighted by Gasteiger charge is 2.05. The average molecular weight is 320 g/mol. The van der Waals surface area contributed by atoms with E-state index in [1.54, 1.807) is 0 Å². The van der Waals surface area contributed by atoms with E-state index >= 15 is 0 Å². The second-order valence-corrected chi connectivity index (χ2v) is 6.15. The summed E-state index contributed by atoms with van der Waals surface area (Å²) < 4.78 is 2.19. The van der Waals surface area contributed by atoms with Crippen LogP contribution in [-0.2, 0) is 19.5 Å². The molecule has 3 rings (SSSR count). The van der Waals surface area contributed by atoms with Crippen LogP contribution < -0.4 is 5.32 Å².